The molecule has 2 fully saturated rings. The average Bonchev–Trinajstić information content (AvgIpc) is 3.45. The lowest BCUT2D eigenvalue weighted by atomic mass is 10.2. The Morgan fingerprint density at radius 2 is 1.89 bits per heavy atom. The summed E-state index contributed by atoms with van der Waals surface area (Å²) in [6.07, 6.45) is 3.99. The largest absolute Gasteiger partial charge is 0.344 e. The number of hydrogen-bond donors (Lipinski definition) is 1. The van der Waals surface area contributed by atoms with E-state index in [1.54, 1.807) is 4.57 Å². The summed E-state index contributed by atoms with van der Waals surface area (Å²) in [5.41, 5.74) is 0.0189. The van der Waals surface area contributed by atoms with Crippen LogP contribution < -0.4 is 5.69 Å². The van der Waals surface area contributed by atoms with Crippen LogP contribution in [0.3, 0.4) is 0 Å². The predicted octanol–water partition coefficient (Wildman–Crippen LogP) is 2.36. The van der Waals surface area contributed by atoms with Gasteiger partial charge in [0.25, 0.3) is 5.91 Å². The SMILES string of the molecule is O=C(c1ccc(F)cc1)N1CCCCC(Sc2n[nH]c(=O)n2C2CC2)C1=O. The van der Waals surface area contributed by atoms with E-state index in [9.17, 15) is 18.8 Å². The molecule has 0 bridgehead atoms. The number of aromatic nitrogens is 3. The van der Waals surface area contributed by atoms with Crippen LogP contribution in [0.2, 0.25) is 0 Å². The van der Waals surface area contributed by atoms with Gasteiger partial charge in [0.05, 0.1) is 5.25 Å². The standard InChI is InChI=1S/C18H19FN4O3S/c19-12-6-4-11(5-7-12)15(24)22-10-2-1-3-14(16(22)25)27-18-21-20-17(26)23(18)13-8-9-13/h4-7,13-14H,1-3,8-10H2,(H,20,26). The Morgan fingerprint density at radius 3 is 2.59 bits per heavy atom. The Balaban J connectivity index is 1.55. The smallest absolute Gasteiger partial charge is 0.278 e. The second kappa shape index (κ2) is 7.30. The van der Waals surface area contributed by atoms with Gasteiger partial charge in [-0.3, -0.25) is 19.1 Å². The molecule has 0 spiro atoms. The number of nitrogens with one attached hydrogen (secondary N) is 1. The Labute approximate surface area is 158 Å². The summed E-state index contributed by atoms with van der Waals surface area (Å²) in [5.74, 6) is -1.14. The number of thioether (sulfide) groups is 1. The Morgan fingerprint density at radius 1 is 1.15 bits per heavy atom. The number of rotatable bonds is 4. The summed E-state index contributed by atoms with van der Waals surface area (Å²) in [4.78, 5) is 39.0. The number of aromatic amines is 1. The summed E-state index contributed by atoms with van der Waals surface area (Å²) in [7, 11) is 0. The topological polar surface area (TPSA) is 88.1 Å². The van der Waals surface area contributed by atoms with Crippen molar-refractivity contribution in [3.63, 3.8) is 0 Å². The van der Waals surface area contributed by atoms with Crippen molar-refractivity contribution in [1.29, 1.82) is 0 Å². The monoisotopic (exact) mass is 390 g/mol. The summed E-state index contributed by atoms with van der Waals surface area (Å²) in [6, 6.07) is 5.34. The highest BCUT2D eigenvalue weighted by molar-refractivity contribution is 8.00. The minimum Gasteiger partial charge on any atom is -0.278 e. The Bertz CT molecular complexity index is 919. The van der Waals surface area contributed by atoms with Crippen molar-refractivity contribution < 1.29 is 14.0 Å². The van der Waals surface area contributed by atoms with E-state index < -0.39 is 17.0 Å². The highest BCUT2D eigenvalue weighted by Crippen LogP contribution is 2.38. The molecule has 1 saturated carbocycles. The molecule has 2 aliphatic rings. The van der Waals surface area contributed by atoms with E-state index in [1.807, 2.05) is 0 Å². The van der Waals surface area contributed by atoms with Gasteiger partial charge in [-0.05, 0) is 49.9 Å². The predicted molar refractivity (Wildman–Crippen MR) is 97.1 cm³/mol. The molecule has 27 heavy (non-hydrogen) atoms. The van der Waals surface area contributed by atoms with Crippen LogP contribution in [0, 0.1) is 5.82 Å². The molecular weight excluding hydrogens is 371 g/mol. The molecule has 2 heterocycles. The van der Waals surface area contributed by atoms with E-state index in [4.69, 9.17) is 0 Å². The number of likely N-dealkylation sites (tertiary alicyclic amines) is 1. The van der Waals surface area contributed by atoms with Crippen LogP contribution in [0.25, 0.3) is 0 Å². The van der Waals surface area contributed by atoms with Crippen molar-refractivity contribution in [2.45, 2.75) is 48.6 Å². The number of carbonyl (C=O) groups excluding carboxylic acids is 2. The third-order valence-corrected chi connectivity index (χ3v) is 6.03. The lowest BCUT2D eigenvalue weighted by molar-refractivity contribution is -0.127. The molecule has 1 aliphatic heterocycles. The van der Waals surface area contributed by atoms with E-state index in [-0.39, 0.29) is 23.2 Å². The summed E-state index contributed by atoms with van der Waals surface area (Å²) < 4.78 is 14.7. The number of nitrogens with zero attached hydrogens (tertiary/aromatic N) is 3. The molecule has 142 valence electrons. The first kappa shape index (κ1) is 18.0. The molecule has 1 N–H and O–H groups in total. The first-order valence-corrected chi connectivity index (χ1v) is 9.87. The van der Waals surface area contributed by atoms with Gasteiger partial charge >= 0.3 is 5.69 Å². The molecule has 4 rings (SSSR count). The lowest BCUT2D eigenvalue weighted by Gasteiger charge is -2.22. The fourth-order valence-electron chi connectivity index (χ4n) is 3.22. The minimum atomic E-state index is -0.482. The molecule has 7 nitrogen and oxygen atoms in total. The van der Waals surface area contributed by atoms with Gasteiger partial charge in [0.2, 0.25) is 5.91 Å². The van der Waals surface area contributed by atoms with Gasteiger partial charge in [0, 0.05) is 18.2 Å². The van der Waals surface area contributed by atoms with Crippen LogP contribution >= 0.6 is 11.8 Å². The number of H-pyrrole nitrogens is 1. The normalized spacial score (nSPS) is 20.6. The lowest BCUT2D eigenvalue weighted by Crippen LogP contribution is -2.41. The van der Waals surface area contributed by atoms with Crippen molar-refractivity contribution in [2.24, 2.45) is 0 Å². The van der Waals surface area contributed by atoms with Gasteiger partial charge in [-0.1, -0.05) is 18.2 Å². The first-order chi connectivity index (χ1) is 13.0. The zero-order valence-electron chi connectivity index (χ0n) is 14.6. The number of carbonyl (C=O) groups is 2. The van der Waals surface area contributed by atoms with Crippen molar-refractivity contribution in [2.75, 3.05) is 6.54 Å². The van der Waals surface area contributed by atoms with E-state index in [1.165, 1.54) is 40.9 Å². The summed E-state index contributed by atoms with van der Waals surface area (Å²) >= 11 is 1.24. The molecule has 1 aromatic heterocycles. The molecule has 1 aromatic carbocycles. The van der Waals surface area contributed by atoms with E-state index in [0.29, 0.717) is 24.5 Å². The van der Waals surface area contributed by atoms with Crippen LogP contribution in [0.1, 0.15) is 48.5 Å². The highest BCUT2D eigenvalue weighted by atomic mass is 32.2. The number of hydrogen-bond acceptors (Lipinski definition) is 5. The van der Waals surface area contributed by atoms with E-state index in [2.05, 4.69) is 10.2 Å². The van der Waals surface area contributed by atoms with Crippen molar-refractivity contribution in [1.82, 2.24) is 19.7 Å². The van der Waals surface area contributed by atoms with Gasteiger partial charge in [-0.2, -0.15) is 0 Å². The van der Waals surface area contributed by atoms with Crippen LogP contribution in [-0.4, -0.2) is 43.3 Å². The molecule has 9 heteroatoms. The maximum absolute atomic E-state index is 13.1. The molecule has 1 atom stereocenters. The highest BCUT2D eigenvalue weighted by Gasteiger charge is 2.35. The Hall–Kier alpha value is -2.42. The van der Waals surface area contributed by atoms with Gasteiger partial charge in [0.1, 0.15) is 5.82 Å². The number of halogens is 1. The molecular formula is C18H19FN4O3S. The second-order valence-corrected chi connectivity index (χ2v) is 7.99. The number of amides is 2. The van der Waals surface area contributed by atoms with Gasteiger partial charge in [0.15, 0.2) is 5.16 Å². The first-order valence-electron chi connectivity index (χ1n) is 8.99. The molecule has 2 aromatic rings. The molecule has 1 saturated heterocycles. The average molecular weight is 390 g/mol. The van der Waals surface area contributed by atoms with Gasteiger partial charge < -0.3 is 0 Å². The maximum Gasteiger partial charge on any atom is 0.344 e. The van der Waals surface area contributed by atoms with Crippen molar-refractivity contribution >= 4 is 23.6 Å². The molecule has 0 radical (unpaired) electrons. The van der Waals surface area contributed by atoms with Gasteiger partial charge in [-0.25, -0.2) is 14.3 Å². The van der Waals surface area contributed by atoms with Crippen molar-refractivity contribution in [3.05, 3.63) is 46.1 Å². The third kappa shape index (κ3) is 3.69. The fraction of sp³-hybridized carbons (Fsp3) is 0.444. The second-order valence-electron chi connectivity index (χ2n) is 6.82. The summed E-state index contributed by atoms with van der Waals surface area (Å²) in [5, 5.41) is 6.53. The Kier molecular flexibility index (Phi) is 4.86. The molecule has 1 unspecified atom stereocenters. The number of imide groups is 1. The fourth-order valence-corrected chi connectivity index (χ4v) is 4.43. The third-order valence-electron chi connectivity index (χ3n) is 4.81. The van der Waals surface area contributed by atoms with Crippen LogP contribution in [-0.2, 0) is 4.79 Å². The quantitative estimate of drug-likeness (QED) is 0.810. The maximum atomic E-state index is 13.1. The van der Waals surface area contributed by atoms with Crippen LogP contribution in [0.5, 0.6) is 0 Å². The number of benzene rings is 1. The zero-order valence-corrected chi connectivity index (χ0v) is 15.4. The molecule has 2 amide bonds. The van der Waals surface area contributed by atoms with Gasteiger partial charge in [-0.15, -0.1) is 5.10 Å². The van der Waals surface area contributed by atoms with Crippen molar-refractivity contribution in [3.8, 4) is 0 Å². The van der Waals surface area contributed by atoms with Crippen LogP contribution in [0.4, 0.5) is 4.39 Å². The van der Waals surface area contributed by atoms with E-state index >= 15 is 0 Å². The zero-order chi connectivity index (χ0) is 19.0. The molecule has 1 aliphatic carbocycles. The summed E-state index contributed by atoms with van der Waals surface area (Å²) in [6.45, 7) is 0.335. The van der Waals surface area contributed by atoms with Crippen LogP contribution in [0.15, 0.2) is 34.2 Å². The van der Waals surface area contributed by atoms with E-state index in [0.717, 1.165) is 19.3 Å². The minimum absolute atomic E-state index is 0.150.